The van der Waals surface area contributed by atoms with E-state index in [1.54, 1.807) is 17.8 Å². The lowest BCUT2D eigenvalue weighted by Gasteiger charge is -2.20. The Labute approximate surface area is 123 Å². The zero-order valence-electron chi connectivity index (χ0n) is 11.5. The predicted molar refractivity (Wildman–Crippen MR) is 82.5 cm³/mol. The lowest BCUT2D eigenvalue weighted by atomic mass is 10.0. The highest BCUT2D eigenvalue weighted by Crippen LogP contribution is 2.38. The van der Waals surface area contributed by atoms with Crippen molar-refractivity contribution in [3.63, 3.8) is 0 Å². The molecule has 1 aromatic rings. The number of nitrogens with two attached hydrogens (primary N) is 1. The van der Waals surface area contributed by atoms with Gasteiger partial charge in [-0.25, -0.2) is 0 Å². The van der Waals surface area contributed by atoms with E-state index >= 15 is 0 Å². The van der Waals surface area contributed by atoms with Gasteiger partial charge in [-0.3, -0.25) is 4.79 Å². The number of ether oxygens (including phenoxy) is 1. The van der Waals surface area contributed by atoms with Crippen LogP contribution in [0.3, 0.4) is 0 Å². The van der Waals surface area contributed by atoms with Crippen LogP contribution in [0, 0.1) is 5.92 Å². The largest absolute Gasteiger partial charge is 0.468 e. The number of hydrogen-bond donors (Lipinski definition) is 1. The fraction of sp³-hybridized carbons (Fsp3) is 0.500. The average Bonchev–Trinajstić information content (AvgIpc) is 2.36. The molecule has 0 bridgehead atoms. The van der Waals surface area contributed by atoms with Crippen molar-refractivity contribution in [1.29, 1.82) is 0 Å². The zero-order valence-corrected chi connectivity index (χ0v) is 13.1. The summed E-state index contributed by atoms with van der Waals surface area (Å²) in [7, 11) is 1.40. The number of carbonyl (C=O) groups is 1. The molecule has 1 unspecified atom stereocenters. The predicted octanol–water partition coefficient (Wildman–Crippen LogP) is 3.92. The minimum atomic E-state index is -0.223. The van der Waals surface area contributed by atoms with E-state index in [0.717, 1.165) is 12.0 Å². The van der Waals surface area contributed by atoms with Crippen molar-refractivity contribution in [2.45, 2.75) is 25.5 Å². The van der Waals surface area contributed by atoms with E-state index in [1.165, 1.54) is 7.11 Å². The number of methoxy groups -OCH3 is 1. The lowest BCUT2D eigenvalue weighted by molar-refractivity contribution is -0.137. The molecular formula is C14H20ClNO2S. The summed E-state index contributed by atoms with van der Waals surface area (Å²) in [6, 6.07) is 5.47. The standard InChI is InChI=1S/C14H20ClNO2S/c1-9(2)6-13(19-8-14(17)18-3)11-7-10(15)4-5-12(11)16/h4-5,7,9,13H,6,8,16H2,1-3H3. The summed E-state index contributed by atoms with van der Waals surface area (Å²) in [4.78, 5) is 11.3. The first-order valence-electron chi connectivity index (χ1n) is 6.17. The Balaban J connectivity index is 2.88. The highest BCUT2D eigenvalue weighted by molar-refractivity contribution is 8.00. The van der Waals surface area contributed by atoms with E-state index in [0.29, 0.717) is 22.4 Å². The third-order valence-electron chi connectivity index (χ3n) is 2.71. The second kappa shape index (κ2) is 7.65. The zero-order chi connectivity index (χ0) is 14.4. The second-order valence-corrected chi connectivity index (χ2v) is 6.41. The van der Waals surface area contributed by atoms with Crippen LogP contribution in [-0.2, 0) is 9.53 Å². The molecule has 106 valence electrons. The first kappa shape index (κ1) is 16.2. The summed E-state index contributed by atoms with van der Waals surface area (Å²) in [6.07, 6.45) is 0.937. The molecule has 0 saturated heterocycles. The van der Waals surface area contributed by atoms with Crippen molar-refractivity contribution in [2.75, 3.05) is 18.6 Å². The molecule has 0 saturated carbocycles. The molecule has 2 N–H and O–H groups in total. The first-order chi connectivity index (χ1) is 8.93. The van der Waals surface area contributed by atoms with Crippen molar-refractivity contribution < 1.29 is 9.53 Å². The Morgan fingerprint density at radius 1 is 1.47 bits per heavy atom. The van der Waals surface area contributed by atoms with E-state index in [2.05, 4.69) is 18.6 Å². The topological polar surface area (TPSA) is 52.3 Å². The molecule has 1 rings (SSSR count). The molecule has 1 atom stereocenters. The van der Waals surface area contributed by atoms with Crippen LogP contribution in [-0.4, -0.2) is 18.8 Å². The molecule has 1 aromatic carbocycles. The van der Waals surface area contributed by atoms with E-state index in [9.17, 15) is 4.79 Å². The van der Waals surface area contributed by atoms with Crippen LogP contribution in [0.4, 0.5) is 5.69 Å². The van der Waals surface area contributed by atoms with E-state index in [1.807, 2.05) is 12.1 Å². The van der Waals surface area contributed by atoms with Crippen molar-refractivity contribution in [3.05, 3.63) is 28.8 Å². The van der Waals surface area contributed by atoms with Crippen LogP contribution in [0.15, 0.2) is 18.2 Å². The van der Waals surface area contributed by atoms with Crippen LogP contribution in [0.5, 0.6) is 0 Å². The Morgan fingerprint density at radius 2 is 2.16 bits per heavy atom. The number of anilines is 1. The molecule has 0 aliphatic carbocycles. The van der Waals surface area contributed by atoms with Crippen LogP contribution in [0.2, 0.25) is 5.02 Å². The summed E-state index contributed by atoms with van der Waals surface area (Å²) in [6.45, 7) is 4.29. The number of rotatable bonds is 6. The number of esters is 1. The number of carbonyl (C=O) groups excluding carboxylic acids is 1. The molecule has 0 amide bonds. The van der Waals surface area contributed by atoms with Gasteiger partial charge in [0.1, 0.15) is 0 Å². The average molecular weight is 302 g/mol. The minimum Gasteiger partial charge on any atom is -0.468 e. The first-order valence-corrected chi connectivity index (χ1v) is 7.60. The molecular weight excluding hydrogens is 282 g/mol. The minimum absolute atomic E-state index is 0.151. The van der Waals surface area contributed by atoms with Crippen LogP contribution < -0.4 is 5.73 Å². The van der Waals surface area contributed by atoms with Gasteiger partial charge in [-0.15, -0.1) is 11.8 Å². The van der Waals surface area contributed by atoms with E-state index in [-0.39, 0.29) is 11.2 Å². The molecule has 0 fully saturated rings. The summed E-state index contributed by atoms with van der Waals surface area (Å²) in [5.74, 6) is 0.604. The number of thioether (sulfide) groups is 1. The summed E-state index contributed by atoms with van der Waals surface area (Å²) >= 11 is 7.58. The molecule has 3 nitrogen and oxygen atoms in total. The second-order valence-electron chi connectivity index (χ2n) is 4.78. The van der Waals surface area contributed by atoms with Gasteiger partial charge >= 0.3 is 5.97 Å². The van der Waals surface area contributed by atoms with E-state index < -0.39 is 0 Å². The van der Waals surface area contributed by atoms with E-state index in [4.69, 9.17) is 17.3 Å². The maximum absolute atomic E-state index is 11.3. The molecule has 0 spiro atoms. The molecule has 0 aromatic heterocycles. The number of benzene rings is 1. The number of halogens is 1. The highest BCUT2D eigenvalue weighted by Gasteiger charge is 2.18. The van der Waals surface area contributed by atoms with Gasteiger partial charge in [0.05, 0.1) is 12.9 Å². The summed E-state index contributed by atoms with van der Waals surface area (Å²) in [5.41, 5.74) is 7.73. The quantitative estimate of drug-likeness (QED) is 0.639. The van der Waals surface area contributed by atoms with Gasteiger partial charge in [-0.2, -0.15) is 0 Å². The Morgan fingerprint density at radius 3 is 2.74 bits per heavy atom. The van der Waals surface area contributed by atoms with Gasteiger partial charge in [0, 0.05) is 16.0 Å². The Bertz CT molecular complexity index is 437. The normalized spacial score (nSPS) is 12.5. The van der Waals surface area contributed by atoms with Crippen LogP contribution in [0.25, 0.3) is 0 Å². The Kier molecular flexibility index (Phi) is 6.52. The smallest absolute Gasteiger partial charge is 0.315 e. The van der Waals surface area contributed by atoms with Gasteiger partial charge in [0.2, 0.25) is 0 Å². The molecule has 5 heteroatoms. The summed E-state index contributed by atoms with van der Waals surface area (Å²) in [5, 5.41) is 0.814. The Hall–Kier alpha value is -0.870. The van der Waals surface area contributed by atoms with Crippen molar-refractivity contribution in [3.8, 4) is 0 Å². The van der Waals surface area contributed by atoms with Crippen molar-refractivity contribution >= 4 is 35.0 Å². The third kappa shape index (κ3) is 5.33. The lowest BCUT2D eigenvalue weighted by Crippen LogP contribution is -2.09. The highest BCUT2D eigenvalue weighted by atomic mass is 35.5. The van der Waals surface area contributed by atoms with Gasteiger partial charge < -0.3 is 10.5 Å². The van der Waals surface area contributed by atoms with Gasteiger partial charge in [0.25, 0.3) is 0 Å². The van der Waals surface area contributed by atoms with Gasteiger partial charge in [-0.05, 0) is 36.1 Å². The van der Waals surface area contributed by atoms with Crippen LogP contribution in [0.1, 0.15) is 31.1 Å². The SMILES string of the molecule is COC(=O)CSC(CC(C)C)c1cc(Cl)ccc1N. The fourth-order valence-electron chi connectivity index (χ4n) is 1.76. The number of hydrogen-bond acceptors (Lipinski definition) is 4. The van der Waals surface area contributed by atoms with Crippen molar-refractivity contribution in [2.24, 2.45) is 5.92 Å². The van der Waals surface area contributed by atoms with Gasteiger partial charge in [0.15, 0.2) is 0 Å². The molecule has 0 aliphatic heterocycles. The van der Waals surface area contributed by atoms with Crippen LogP contribution >= 0.6 is 23.4 Å². The van der Waals surface area contributed by atoms with Crippen molar-refractivity contribution in [1.82, 2.24) is 0 Å². The molecule has 19 heavy (non-hydrogen) atoms. The number of nitrogen functional groups attached to an aromatic ring is 1. The maximum Gasteiger partial charge on any atom is 0.315 e. The maximum atomic E-state index is 11.3. The van der Waals surface area contributed by atoms with Gasteiger partial charge in [-0.1, -0.05) is 25.4 Å². The summed E-state index contributed by atoms with van der Waals surface area (Å²) < 4.78 is 4.68. The monoisotopic (exact) mass is 301 g/mol. The third-order valence-corrected chi connectivity index (χ3v) is 4.20. The molecule has 0 aliphatic rings. The molecule has 0 heterocycles. The molecule has 0 radical (unpaired) electrons. The fourth-order valence-corrected chi connectivity index (χ4v) is 3.31.